The molecule has 0 saturated carbocycles. The van der Waals surface area contributed by atoms with Crippen LogP contribution in [0.1, 0.15) is 26.7 Å². The Balaban J connectivity index is 2.27. The third kappa shape index (κ3) is 3.81. The highest BCUT2D eigenvalue weighted by Crippen LogP contribution is 2.20. The molecule has 1 saturated heterocycles. The maximum absolute atomic E-state index is 11.5. The van der Waals surface area contributed by atoms with Gasteiger partial charge in [0, 0.05) is 25.5 Å². The molecule has 1 fully saturated rings. The number of aliphatic carboxylic acids is 1. The molecule has 1 atom stereocenters. The summed E-state index contributed by atoms with van der Waals surface area (Å²) in [4.78, 5) is 22.3. The lowest BCUT2D eigenvalue weighted by atomic mass is 9.89. The first kappa shape index (κ1) is 13.0. The van der Waals surface area contributed by atoms with E-state index in [0.717, 1.165) is 13.0 Å². The van der Waals surface area contributed by atoms with Crippen LogP contribution in [-0.4, -0.2) is 36.7 Å². The van der Waals surface area contributed by atoms with Crippen molar-refractivity contribution >= 4 is 11.9 Å². The van der Waals surface area contributed by atoms with Gasteiger partial charge in [-0.15, -0.1) is 0 Å². The predicted octanol–water partition coefficient (Wildman–Crippen LogP) is 0.640. The minimum Gasteiger partial charge on any atom is -0.481 e. The molecule has 16 heavy (non-hydrogen) atoms. The largest absolute Gasteiger partial charge is 0.481 e. The van der Waals surface area contributed by atoms with E-state index in [1.165, 1.54) is 0 Å². The number of nitrogens with one attached hydrogen (secondary N) is 1. The number of amides is 1. The van der Waals surface area contributed by atoms with Crippen molar-refractivity contribution in [1.29, 1.82) is 0 Å². The fraction of sp³-hybridized carbons (Fsp3) is 0.818. The van der Waals surface area contributed by atoms with Gasteiger partial charge in [-0.1, -0.05) is 0 Å². The third-order valence-electron chi connectivity index (χ3n) is 2.79. The number of carbonyl (C=O) groups excluding carboxylic acids is 1. The van der Waals surface area contributed by atoms with Crippen molar-refractivity contribution < 1.29 is 19.4 Å². The maximum atomic E-state index is 11.5. The number of rotatable bonds is 5. The average Bonchev–Trinajstić information content (AvgIpc) is 2.66. The minimum atomic E-state index is -1.00. The molecule has 5 nitrogen and oxygen atoms in total. The van der Waals surface area contributed by atoms with E-state index >= 15 is 0 Å². The molecule has 0 spiro atoms. The molecule has 2 N–H and O–H groups in total. The van der Waals surface area contributed by atoms with Gasteiger partial charge in [-0.3, -0.25) is 9.59 Å². The van der Waals surface area contributed by atoms with E-state index in [1.807, 2.05) is 0 Å². The summed E-state index contributed by atoms with van der Waals surface area (Å²) in [6.07, 6.45) is 0.971. The van der Waals surface area contributed by atoms with Crippen LogP contribution in [0.2, 0.25) is 0 Å². The van der Waals surface area contributed by atoms with Gasteiger partial charge in [-0.05, 0) is 20.3 Å². The lowest BCUT2D eigenvalue weighted by molar-refractivity contribution is -0.149. The van der Waals surface area contributed by atoms with Crippen molar-refractivity contribution in [1.82, 2.24) is 5.32 Å². The molecular weight excluding hydrogens is 210 g/mol. The van der Waals surface area contributed by atoms with Crippen molar-refractivity contribution in [2.45, 2.75) is 26.7 Å². The molecule has 0 aromatic heterocycles. The monoisotopic (exact) mass is 229 g/mol. The molecule has 0 aromatic carbocycles. The fourth-order valence-electron chi connectivity index (χ4n) is 1.54. The Morgan fingerprint density at radius 1 is 1.50 bits per heavy atom. The molecule has 1 amide bonds. The normalized spacial score (nSPS) is 20.8. The molecule has 92 valence electrons. The van der Waals surface area contributed by atoms with Gasteiger partial charge in [0.1, 0.15) is 0 Å². The first-order valence-corrected chi connectivity index (χ1v) is 5.49. The molecule has 1 heterocycles. The second kappa shape index (κ2) is 5.30. The Bertz CT molecular complexity index is 269. The number of ether oxygens (including phenoxy) is 1. The average molecular weight is 229 g/mol. The molecule has 1 unspecified atom stereocenters. The van der Waals surface area contributed by atoms with Crippen molar-refractivity contribution in [2.24, 2.45) is 11.3 Å². The summed E-state index contributed by atoms with van der Waals surface area (Å²) in [6, 6.07) is 0. The van der Waals surface area contributed by atoms with E-state index in [9.17, 15) is 9.59 Å². The zero-order valence-corrected chi connectivity index (χ0v) is 9.78. The van der Waals surface area contributed by atoms with Gasteiger partial charge in [0.05, 0.1) is 12.0 Å². The van der Waals surface area contributed by atoms with Crippen LogP contribution >= 0.6 is 0 Å². The van der Waals surface area contributed by atoms with E-state index in [1.54, 1.807) is 13.8 Å². The van der Waals surface area contributed by atoms with Crippen LogP contribution in [-0.2, 0) is 14.3 Å². The highest BCUT2D eigenvalue weighted by atomic mass is 16.5. The van der Waals surface area contributed by atoms with Crippen LogP contribution in [0.4, 0.5) is 0 Å². The van der Waals surface area contributed by atoms with E-state index < -0.39 is 11.4 Å². The summed E-state index contributed by atoms with van der Waals surface area (Å²) >= 11 is 0. The second-order valence-corrected chi connectivity index (χ2v) is 4.90. The Labute approximate surface area is 95.2 Å². The van der Waals surface area contributed by atoms with Gasteiger partial charge in [0.15, 0.2) is 0 Å². The Hall–Kier alpha value is -1.10. The van der Waals surface area contributed by atoms with Crippen molar-refractivity contribution in [3.63, 3.8) is 0 Å². The third-order valence-corrected chi connectivity index (χ3v) is 2.79. The molecule has 0 bridgehead atoms. The smallest absolute Gasteiger partial charge is 0.309 e. The zero-order chi connectivity index (χ0) is 12.2. The molecule has 0 aliphatic carbocycles. The van der Waals surface area contributed by atoms with Gasteiger partial charge in [-0.25, -0.2) is 0 Å². The van der Waals surface area contributed by atoms with Crippen LogP contribution in [0.5, 0.6) is 0 Å². The molecule has 1 aliphatic heterocycles. The number of carbonyl (C=O) groups is 2. The van der Waals surface area contributed by atoms with Crippen molar-refractivity contribution in [3.8, 4) is 0 Å². The van der Waals surface area contributed by atoms with E-state index in [-0.39, 0.29) is 12.3 Å². The zero-order valence-electron chi connectivity index (χ0n) is 9.78. The lowest BCUT2D eigenvalue weighted by Crippen LogP contribution is -2.35. The van der Waals surface area contributed by atoms with Gasteiger partial charge < -0.3 is 15.2 Å². The van der Waals surface area contributed by atoms with Crippen LogP contribution in [0.15, 0.2) is 0 Å². The van der Waals surface area contributed by atoms with E-state index in [4.69, 9.17) is 9.84 Å². The van der Waals surface area contributed by atoms with Gasteiger partial charge in [0.25, 0.3) is 0 Å². The van der Waals surface area contributed by atoms with Gasteiger partial charge in [-0.2, -0.15) is 0 Å². The van der Waals surface area contributed by atoms with E-state index in [2.05, 4.69) is 5.32 Å². The molecular formula is C11H19NO4. The summed E-state index contributed by atoms with van der Waals surface area (Å²) in [5, 5.41) is 11.6. The summed E-state index contributed by atoms with van der Waals surface area (Å²) in [5.41, 5.74) is -1.00. The lowest BCUT2D eigenvalue weighted by Gasteiger charge is -2.18. The molecule has 0 aromatic rings. The van der Waals surface area contributed by atoms with Crippen LogP contribution in [0.25, 0.3) is 0 Å². The second-order valence-electron chi connectivity index (χ2n) is 4.90. The van der Waals surface area contributed by atoms with Crippen molar-refractivity contribution in [2.75, 3.05) is 19.8 Å². The van der Waals surface area contributed by atoms with Crippen LogP contribution in [0.3, 0.4) is 0 Å². The van der Waals surface area contributed by atoms with Crippen LogP contribution in [0, 0.1) is 11.3 Å². The molecule has 1 rings (SSSR count). The Morgan fingerprint density at radius 2 is 2.19 bits per heavy atom. The Kier molecular flexibility index (Phi) is 4.29. The van der Waals surface area contributed by atoms with Gasteiger partial charge in [0.2, 0.25) is 5.91 Å². The predicted molar refractivity (Wildman–Crippen MR) is 58.0 cm³/mol. The first-order chi connectivity index (χ1) is 7.42. The summed E-state index contributed by atoms with van der Waals surface area (Å²) in [6.45, 7) is 5.11. The number of carboxylic acids is 1. The number of hydrogen-bond acceptors (Lipinski definition) is 3. The molecule has 5 heteroatoms. The topological polar surface area (TPSA) is 75.6 Å². The SMILES string of the molecule is CC(C)(CC(=O)NCC1CCOC1)C(=O)O. The summed E-state index contributed by atoms with van der Waals surface area (Å²) in [5.74, 6) is -0.789. The fourth-order valence-corrected chi connectivity index (χ4v) is 1.54. The van der Waals surface area contributed by atoms with E-state index in [0.29, 0.717) is 19.1 Å². The minimum absolute atomic E-state index is 0.00983. The Morgan fingerprint density at radius 3 is 2.69 bits per heavy atom. The van der Waals surface area contributed by atoms with Crippen LogP contribution < -0.4 is 5.32 Å². The quantitative estimate of drug-likeness (QED) is 0.725. The summed E-state index contributed by atoms with van der Waals surface area (Å²) < 4.78 is 5.18. The molecule has 0 radical (unpaired) electrons. The van der Waals surface area contributed by atoms with Crippen molar-refractivity contribution in [3.05, 3.63) is 0 Å². The molecule has 1 aliphatic rings. The standard InChI is InChI=1S/C11H19NO4/c1-11(2,10(14)15)5-9(13)12-6-8-3-4-16-7-8/h8H,3-7H2,1-2H3,(H,12,13)(H,14,15). The first-order valence-electron chi connectivity index (χ1n) is 5.49. The number of carboxylic acid groups (broad SMARTS) is 1. The van der Waals surface area contributed by atoms with Gasteiger partial charge >= 0.3 is 5.97 Å². The maximum Gasteiger partial charge on any atom is 0.309 e. The summed E-state index contributed by atoms with van der Waals surface area (Å²) in [7, 11) is 0. The number of hydrogen-bond donors (Lipinski definition) is 2. The highest BCUT2D eigenvalue weighted by Gasteiger charge is 2.30. The highest BCUT2D eigenvalue weighted by molar-refractivity contribution is 5.84.